The van der Waals surface area contributed by atoms with Gasteiger partial charge in [0.2, 0.25) is 5.91 Å². The number of nitrogens with one attached hydrogen (secondary N) is 2. The number of para-hydroxylation sites is 1. The number of nitrogens with zero attached hydrogens (tertiary/aromatic N) is 1. The maximum absolute atomic E-state index is 12.2. The average Bonchev–Trinajstić information content (AvgIpc) is 2.44. The molecule has 1 aromatic carbocycles. The largest absolute Gasteiger partial charge is 0.360 e. The van der Waals surface area contributed by atoms with Gasteiger partial charge >= 0.3 is 6.03 Å². The first-order valence-electron chi connectivity index (χ1n) is 7.45. The Bertz CT molecular complexity index is 528. The Morgan fingerprint density at radius 3 is 2.62 bits per heavy atom. The number of carbonyl (C=O) groups is 2. The molecule has 3 amide bonds. The maximum atomic E-state index is 12.2. The molecule has 1 aliphatic heterocycles. The molecular weight excluding hydrogens is 266 g/mol. The Hall–Kier alpha value is -2.04. The molecule has 2 N–H and O–H groups in total. The van der Waals surface area contributed by atoms with Crippen molar-refractivity contribution in [2.24, 2.45) is 0 Å². The number of anilines is 1. The second-order valence-electron chi connectivity index (χ2n) is 5.72. The van der Waals surface area contributed by atoms with Gasteiger partial charge in [-0.25, -0.2) is 4.79 Å². The predicted octanol–water partition coefficient (Wildman–Crippen LogP) is 2.06. The van der Waals surface area contributed by atoms with Crippen LogP contribution in [0.2, 0.25) is 0 Å². The van der Waals surface area contributed by atoms with E-state index in [9.17, 15) is 9.59 Å². The van der Waals surface area contributed by atoms with E-state index >= 15 is 0 Å². The third-order valence-electron chi connectivity index (χ3n) is 3.65. The number of benzene rings is 1. The summed E-state index contributed by atoms with van der Waals surface area (Å²) in [6.07, 6.45) is 2.06. The number of hydrogen-bond donors (Lipinski definition) is 2. The van der Waals surface area contributed by atoms with E-state index in [-0.39, 0.29) is 18.0 Å². The molecule has 1 aromatic rings. The normalized spacial score (nSPS) is 15.3. The highest BCUT2D eigenvalue weighted by Crippen LogP contribution is 2.28. The Morgan fingerprint density at radius 2 is 1.90 bits per heavy atom. The molecule has 21 heavy (non-hydrogen) atoms. The van der Waals surface area contributed by atoms with Crippen molar-refractivity contribution in [2.75, 3.05) is 11.4 Å². The highest BCUT2D eigenvalue weighted by atomic mass is 16.2. The van der Waals surface area contributed by atoms with Gasteiger partial charge in [0, 0.05) is 18.3 Å². The summed E-state index contributed by atoms with van der Waals surface area (Å²) in [5, 5.41) is 5.07. The van der Waals surface area contributed by atoms with Crippen molar-refractivity contribution >= 4 is 17.6 Å². The Kier molecular flexibility index (Phi) is 4.83. The zero-order chi connectivity index (χ0) is 15.4. The van der Waals surface area contributed by atoms with Gasteiger partial charge in [-0.05, 0) is 45.2 Å². The Morgan fingerprint density at radius 1 is 1.19 bits per heavy atom. The van der Waals surface area contributed by atoms with Crippen molar-refractivity contribution in [3.63, 3.8) is 0 Å². The molecule has 0 spiro atoms. The van der Waals surface area contributed by atoms with E-state index in [1.165, 1.54) is 5.56 Å². The number of aryl methyl sites for hydroxylation is 1. The molecule has 1 unspecified atom stereocenters. The monoisotopic (exact) mass is 289 g/mol. The minimum Gasteiger partial charge on any atom is -0.360 e. The fraction of sp³-hybridized carbons (Fsp3) is 0.500. The molecule has 1 atom stereocenters. The van der Waals surface area contributed by atoms with E-state index in [4.69, 9.17) is 0 Å². The Labute approximate surface area is 125 Å². The highest BCUT2D eigenvalue weighted by Gasteiger charge is 2.26. The predicted molar refractivity (Wildman–Crippen MR) is 83.4 cm³/mol. The van der Waals surface area contributed by atoms with Crippen molar-refractivity contribution in [1.82, 2.24) is 10.6 Å². The molecule has 114 valence electrons. The van der Waals surface area contributed by atoms with Gasteiger partial charge in [0.05, 0.1) is 0 Å². The van der Waals surface area contributed by atoms with E-state index in [0.717, 1.165) is 25.1 Å². The van der Waals surface area contributed by atoms with Gasteiger partial charge in [-0.3, -0.25) is 10.1 Å². The molecule has 0 aromatic heterocycles. The number of carbonyl (C=O) groups excluding carboxylic acids is 2. The van der Waals surface area contributed by atoms with Crippen LogP contribution in [0.25, 0.3) is 0 Å². The number of rotatable bonds is 3. The van der Waals surface area contributed by atoms with Crippen molar-refractivity contribution in [2.45, 2.75) is 45.7 Å². The topological polar surface area (TPSA) is 61.4 Å². The van der Waals surface area contributed by atoms with E-state index in [1.54, 1.807) is 0 Å². The van der Waals surface area contributed by atoms with Gasteiger partial charge < -0.3 is 10.2 Å². The van der Waals surface area contributed by atoms with E-state index in [0.29, 0.717) is 0 Å². The van der Waals surface area contributed by atoms with E-state index in [2.05, 4.69) is 21.6 Å². The smallest absolute Gasteiger partial charge is 0.321 e. The SMILES string of the molecule is CC(C)NC(=O)NC(=O)C(C)N1CCCc2ccccc21. The van der Waals surface area contributed by atoms with E-state index < -0.39 is 6.03 Å². The van der Waals surface area contributed by atoms with Crippen LogP contribution < -0.4 is 15.5 Å². The van der Waals surface area contributed by atoms with Gasteiger partial charge in [-0.15, -0.1) is 0 Å². The zero-order valence-electron chi connectivity index (χ0n) is 12.8. The summed E-state index contributed by atoms with van der Waals surface area (Å²) in [5.41, 5.74) is 2.35. The quantitative estimate of drug-likeness (QED) is 0.895. The summed E-state index contributed by atoms with van der Waals surface area (Å²) in [7, 11) is 0. The summed E-state index contributed by atoms with van der Waals surface area (Å²) in [6.45, 7) is 6.38. The molecule has 0 saturated carbocycles. The molecule has 1 heterocycles. The molecule has 1 aliphatic rings. The molecule has 0 aliphatic carbocycles. The van der Waals surface area contributed by atoms with Crippen molar-refractivity contribution in [3.05, 3.63) is 29.8 Å². The molecule has 2 rings (SSSR count). The number of amides is 3. The average molecular weight is 289 g/mol. The third kappa shape index (κ3) is 3.74. The van der Waals surface area contributed by atoms with Crippen LogP contribution in [0.4, 0.5) is 10.5 Å². The van der Waals surface area contributed by atoms with Crippen molar-refractivity contribution in [3.8, 4) is 0 Å². The van der Waals surface area contributed by atoms with Crippen molar-refractivity contribution in [1.29, 1.82) is 0 Å². The van der Waals surface area contributed by atoms with Crippen LogP contribution in [0.15, 0.2) is 24.3 Å². The lowest BCUT2D eigenvalue weighted by Crippen LogP contribution is -2.51. The maximum Gasteiger partial charge on any atom is 0.321 e. The van der Waals surface area contributed by atoms with Crippen LogP contribution in [0.1, 0.15) is 32.8 Å². The van der Waals surface area contributed by atoms with Crippen LogP contribution in [0, 0.1) is 0 Å². The standard InChI is InChI=1S/C16H23N3O2/c1-11(2)17-16(21)18-15(20)12(3)19-10-6-8-13-7-4-5-9-14(13)19/h4-5,7,9,11-12H,6,8,10H2,1-3H3,(H2,17,18,20,21). The minimum absolute atomic E-state index is 0.00354. The first kappa shape index (κ1) is 15.4. The fourth-order valence-corrected chi connectivity index (χ4v) is 2.62. The van der Waals surface area contributed by atoms with Gasteiger partial charge in [-0.1, -0.05) is 18.2 Å². The second kappa shape index (κ2) is 6.61. The summed E-state index contributed by atoms with van der Waals surface area (Å²) in [5.74, 6) is -0.273. The van der Waals surface area contributed by atoms with Gasteiger partial charge in [0.1, 0.15) is 6.04 Å². The van der Waals surface area contributed by atoms with Crippen LogP contribution in [0.5, 0.6) is 0 Å². The number of imide groups is 1. The molecule has 0 fully saturated rings. The molecule has 5 nitrogen and oxygen atoms in total. The summed E-state index contributed by atoms with van der Waals surface area (Å²) >= 11 is 0. The minimum atomic E-state index is -0.438. The lowest BCUT2D eigenvalue weighted by atomic mass is 10.00. The molecule has 0 radical (unpaired) electrons. The third-order valence-corrected chi connectivity index (χ3v) is 3.65. The summed E-state index contributed by atoms with van der Waals surface area (Å²) < 4.78 is 0. The second-order valence-corrected chi connectivity index (χ2v) is 5.72. The number of urea groups is 1. The zero-order valence-corrected chi connectivity index (χ0v) is 12.8. The first-order valence-corrected chi connectivity index (χ1v) is 7.45. The lowest BCUT2D eigenvalue weighted by Gasteiger charge is -2.35. The van der Waals surface area contributed by atoms with Gasteiger partial charge in [0.25, 0.3) is 0 Å². The molecule has 0 bridgehead atoms. The number of fused-ring (bicyclic) bond motifs is 1. The fourth-order valence-electron chi connectivity index (χ4n) is 2.62. The van der Waals surface area contributed by atoms with E-state index in [1.807, 2.05) is 39.0 Å². The highest BCUT2D eigenvalue weighted by molar-refractivity contribution is 5.98. The Balaban J connectivity index is 2.05. The summed E-state index contributed by atoms with van der Waals surface area (Å²) in [4.78, 5) is 25.9. The lowest BCUT2D eigenvalue weighted by molar-refractivity contribution is -0.121. The van der Waals surface area contributed by atoms with Crippen LogP contribution in [0.3, 0.4) is 0 Å². The van der Waals surface area contributed by atoms with Crippen molar-refractivity contribution < 1.29 is 9.59 Å². The number of hydrogen-bond acceptors (Lipinski definition) is 3. The molecule has 5 heteroatoms. The van der Waals surface area contributed by atoms with Crippen LogP contribution in [-0.4, -0.2) is 30.6 Å². The van der Waals surface area contributed by atoms with Gasteiger partial charge in [0.15, 0.2) is 0 Å². The summed E-state index contributed by atoms with van der Waals surface area (Å²) in [6, 6.07) is 7.32. The van der Waals surface area contributed by atoms with Crippen LogP contribution >= 0.6 is 0 Å². The van der Waals surface area contributed by atoms with Crippen LogP contribution in [-0.2, 0) is 11.2 Å². The van der Waals surface area contributed by atoms with Gasteiger partial charge in [-0.2, -0.15) is 0 Å². The first-order chi connectivity index (χ1) is 9.99. The molecule has 0 saturated heterocycles. The molecular formula is C16H23N3O2.